The van der Waals surface area contributed by atoms with Crippen molar-refractivity contribution in [1.29, 1.82) is 0 Å². The van der Waals surface area contributed by atoms with Gasteiger partial charge in [-0.3, -0.25) is 4.79 Å². The number of nitrogens with zero attached hydrogens (tertiary/aromatic N) is 1. The molecule has 0 spiro atoms. The molecule has 8 heteroatoms. The molecule has 23 heavy (non-hydrogen) atoms. The number of nitrogens with one attached hydrogen (secondary N) is 1. The average molecular weight is 338 g/mol. The number of amides is 2. The standard InChI is InChI=1S/C15H25F3N2O3/c1-10(19-13(22)23-14(2,3)4)11-5-7-20(8-6-11)12(21)9-15(16,17)18/h10-11H,5-9H2,1-4H3,(H,19,22). The smallest absolute Gasteiger partial charge is 0.407 e. The molecule has 0 aromatic heterocycles. The maximum Gasteiger partial charge on any atom is 0.407 e. The Bertz CT molecular complexity index is 425. The molecule has 2 amide bonds. The summed E-state index contributed by atoms with van der Waals surface area (Å²) in [5, 5.41) is 2.74. The highest BCUT2D eigenvalue weighted by Gasteiger charge is 2.35. The number of likely N-dealkylation sites (tertiary alicyclic amines) is 1. The number of alkyl carbamates (subject to hydrolysis) is 1. The molecule has 1 saturated heterocycles. The quantitative estimate of drug-likeness (QED) is 0.860. The molecular weight excluding hydrogens is 313 g/mol. The van der Waals surface area contributed by atoms with Gasteiger partial charge in [-0.2, -0.15) is 13.2 Å². The number of carbonyl (C=O) groups excluding carboxylic acids is 2. The molecule has 0 saturated carbocycles. The molecule has 0 aromatic carbocycles. The Labute approximate surface area is 134 Å². The van der Waals surface area contributed by atoms with Gasteiger partial charge < -0.3 is 15.0 Å². The summed E-state index contributed by atoms with van der Waals surface area (Å²) in [7, 11) is 0. The van der Waals surface area contributed by atoms with Crippen LogP contribution in [0.1, 0.15) is 47.0 Å². The number of rotatable bonds is 3. The van der Waals surface area contributed by atoms with Crippen LogP contribution in [0.2, 0.25) is 0 Å². The predicted octanol–water partition coefficient (Wildman–Crippen LogP) is 3.09. The van der Waals surface area contributed by atoms with E-state index in [1.165, 1.54) is 4.90 Å². The molecule has 1 N–H and O–H groups in total. The number of alkyl halides is 3. The average Bonchev–Trinajstić information content (AvgIpc) is 2.34. The fourth-order valence-corrected chi connectivity index (χ4v) is 2.54. The van der Waals surface area contributed by atoms with Crippen LogP contribution in [-0.2, 0) is 9.53 Å². The van der Waals surface area contributed by atoms with E-state index >= 15 is 0 Å². The second-order valence-corrected chi connectivity index (χ2v) is 6.95. The van der Waals surface area contributed by atoms with Crippen molar-refractivity contribution in [2.24, 2.45) is 5.92 Å². The third-order valence-electron chi connectivity index (χ3n) is 3.70. The third-order valence-corrected chi connectivity index (χ3v) is 3.70. The lowest BCUT2D eigenvalue weighted by Gasteiger charge is -2.35. The molecule has 1 atom stereocenters. The summed E-state index contributed by atoms with van der Waals surface area (Å²) >= 11 is 0. The van der Waals surface area contributed by atoms with E-state index in [0.29, 0.717) is 12.8 Å². The fourth-order valence-electron chi connectivity index (χ4n) is 2.54. The minimum atomic E-state index is -4.47. The van der Waals surface area contributed by atoms with Gasteiger partial charge in [-0.25, -0.2) is 4.79 Å². The van der Waals surface area contributed by atoms with Gasteiger partial charge in [0.15, 0.2) is 0 Å². The molecule has 0 bridgehead atoms. The molecular formula is C15H25F3N2O3. The van der Waals surface area contributed by atoms with Crippen LogP contribution in [0.25, 0.3) is 0 Å². The van der Waals surface area contributed by atoms with E-state index in [0.717, 1.165) is 0 Å². The van der Waals surface area contributed by atoms with Crippen molar-refractivity contribution in [1.82, 2.24) is 10.2 Å². The molecule has 1 aliphatic heterocycles. The molecule has 0 aromatic rings. The van der Waals surface area contributed by atoms with E-state index < -0.39 is 30.2 Å². The zero-order valence-electron chi connectivity index (χ0n) is 14.0. The van der Waals surface area contributed by atoms with Gasteiger partial charge in [0.2, 0.25) is 5.91 Å². The normalized spacial score (nSPS) is 18.5. The maximum atomic E-state index is 12.2. The first kappa shape index (κ1) is 19.6. The highest BCUT2D eigenvalue weighted by atomic mass is 19.4. The van der Waals surface area contributed by atoms with Crippen LogP contribution in [0.5, 0.6) is 0 Å². The number of carbonyl (C=O) groups is 2. The van der Waals surface area contributed by atoms with Gasteiger partial charge in [-0.05, 0) is 46.5 Å². The van der Waals surface area contributed by atoms with Crippen molar-refractivity contribution >= 4 is 12.0 Å². The summed E-state index contributed by atoms with van der Waals surface area (Å²) in [5.74, 6) is -0.777. The van der Waals surface area contributed by atoms with Crippen molar-refractivity contribution in [3.63, 3.8) is 0 Å². The Morgan fingerprint density at radius 2 is 1.74 bits per heavy atom. The van der Waals surface area contributed by atoms with E-state index in [-0.39, 0.29) is 25.0 Å². The van der Waals surface area contributed by atoms with E-state index in [9.17, 15) is 22.8 Å². The summed E-state index contributed by atoms with van der Waals surface area (Å²) in [6.45, 7) is 7.69. The number of ether oxygens (including phenoxy) is 1. The Kier molecular flexibility index (Phi) is 6.30. The van der Waals surface area contributed by atoms with Crippen LogP contribution < -0.4 is 5.32 Å². The molecule has 1 aliphatic rings. The minimum absolute atomic E-state index is 0.109. The van der Waals surface area contributed by atoms with Gasteiger partial charge in [0.1, 0.15) is 12.0 Å². The van der Waals surface area contributed by atoms with Crippen molar-refractivity contribution in [2.45, 2.75) is 64.8 Å². The highest BCUT2D eigenvalue weighted by Crippen LogP contribution is 2.25. The molecule has 1 rings (SSSR count). The van der Waals surface area contributed by atoms with Crippen LogP contribution in [0.3, 0.4) is 0 Å². The SMILES string of the molecule is CC(NC(=O)OC(C)(C)C)C1CCN(C(=O)CC(F)(F)F)CC1. The van der Waals surface area contributed by atoms with Crippen molar-refractivity contribution in [2.75, 3.05) is 13.1 Å². The van der Waals surface area contributed by atoms with Crippen LogP contribution >= 0.6 is 0 Å². The second kappa shape index (κ2) is 7.40. The first-order chi connectivity index (χ1) is 10.4. The first-order valence-electron chi connectivity index (χ1n) is 7.71. The second-order valence-electron chi connectivity index (χ2n) is 6.95. The topological polar surface area (TPSA) is 58.6 Å². The number of hydrogen-bond acceptors (Lipinski definition) is 3. The molecule has 1 unspecified atom stereocenters. The number of hydrogen-bond donors (Lipinski definition) is 1. The Balaban J connectivity index is 2.40. The molecule has 1 fully saturated rings. The summed E-state index contributed by atoms with van der Waals surface area (Å²) in [6.07, 6.45) is -5.29. The van der Waals surface area contributed by atoms with E-state index in [1.54, 1.807) is 20.8 Å². The van der Waals surface area contributed by atoms with Gasteiger partial charge in [-0.15, -0.1) is 0 Å². The molecule has 5 nitrogen and oxygen atoms in total. The monoisotopic (exact) mass is 338 g/mol. The summed E-state index contributed by atoms with van der Waals surface area (Å²) in [4.78, 5) is 24.5. The lowest BCUT2D eigenvalue weighted by atomic mass is 9.90. The summed E-state index contributed by atoms with van der Waals surface area (Å²) < 4.78 is 41.9. The zero-order chi connectivity index (χ0) is 17.8. The van der Waals surface area contributed by atoms with Crippen molar-refractivity contribution in [3.05, 3.63) is 0 Å². The highest BCUT2D eigenvalue weighted by molar-refractivity contribution is 5.76. The van der Waals surface area contributed by atoms with Crippen LogP contribution in [-0.4, -0.2) is 47.8 Å². The first-order valence-corrected chi connectivity index (χ1v) is 7.71. The fraction of sp³-hybridized carbons (Fsp3) is 0.867. The maximum absolute atomic E-state index is 12.2. The van der Waals surface area contributed by atoms with Gasteiger partial charge >= 0.3 is 12.3 Å². The minimum Gasteiger partial charge on any atom is -0.444 e. The largest absolute Gasteiger partial charge is 0.444 e. The van der Waals surface area contributed by atoms with E-state index in [4.69, 9.17) is 4.74 Å². The van der Waals surface area contributed by atoms with Crippen LogP contribution in [0, 0.1) is 5.92 Å². The lowest BCUT2D eigenvalue weighted by Crippen LogP contribution is -2.47. The molecule has 0 aliphatic carbocycles. The lowest BCUT2D eigenvalue weighted by molar-refractivity contribution is -0.162. The number of piperidine rings is 1. The molecule has 0 radical (unpaired) electrons. The van der Waals surface area contributed by atoms with Gasteiger partial charge in [0.05, 0.1) is 0 Å². The van der Waals surface area contributed by atoms with E-state index in [2.05, 4.69) is 5.32 Å². The van der Waals surface area contributed by atoms with Crippen LogP contribution in [0.4, 0.5) is 18.0 Å². The Morgan fingerprint density at radius 3 is 2.17 bits per heavy atom. The van der Waals surface area contributed by atoms with Crippen molar-refractivity contribution < 1.29 is 27.5 Å². The third kappa shape index (κ3) is 7.56. The zero-order valence-corrected chi connectivity index (χ0v) is 14.0. The number of halogens is 3. The summed E-state index contributed by atoms with van der Waals surface area (Å²) in [5.41, 5.74) is -0.586. The van der Waals surface area contributed by atoms with Gasteiger partial charge in [-0.1, -0.05) is 0 Å². The van der Waals surface area contributed by atoms with Gasteiger partial charge in [0.25, 0.3) is 0 Å². The van der Waals surface area contributed by atoms with Gasteiger partial charge in [0, 0.05) is 19.1 Å². The molecule has 1 heterocycles. The molecule has 134 valence electrons. The Hall–Kier alpha value is -1.47. The summed E-state index contributed by atoms with van der Waals surface area (Å²) in [6, 6.07) is -0.162. The Morgan fingerprint density at radius 1 is 1.22 bits per heavy atom. The van der Waals surface area contributed by atoms with E-state index in [1.807, 2.05) is 6.92 Å². The predicted molar refractivity (Wildman–Crippen MR) is 78.8 cm³/mol. The van der Waals surface area contributed by atoms with Crippen LogP contribution in [0.15, 0.2) is 0 Å². The van der Waals surface area contributed by atoms with Crippen molar-refractivity contribution in [3.8, 4) is 0 Å².